The third-order valence-electron chi connectivity index (χ3n) is 2.86. The summed E-state index contributed by atoms with van der Waals surface area (Å²) in [6, 6.07) is 4.68. The zero-order valence-electron chi connectivity index (χ0n) is 7.88. The summed E-state index contributed by atoms with van der Waals surface area (Å²) in [7, 11) is 0. The fourth-order valence-electron chi connectivity index (χ4n) is 1.93. The van der Waals surface area contributed by atoms with E-state index in [2.05, 4.69) is 0 Å². The topological polar surface area (TPSA) is 37.3 Å². The maximum atomic E-state index is 13.5. The molecule has 0 spiro atoms. The number of hydrogen-bond acceptors (Lipinski definition) is 1. The smallest absolute Gasteiger partial charge is 0.314 e. The molecule has 14 heavy (non-hydrogen) atoms. The minimum atomic E-state index is -0.935. The van der Waals surface area contributed by atoms with Crippen LogP contribution in [0.3, 0.4) is 0 Å². The quantitative estimate of drug-likeness (QED) is 0.784. The largest absolute Gasteiger partial charge is 0.481 e. The van der Waals surface area contributed by atoms with E-state index in [-0.39, 0.29) is 0 Å². The normalized spacial score (nSPS) is 17.9. The molecule has 0 atom stereocenters. The molecule has 0 unspecified atom stereocenters. The van der Waals surface area contributed by atoms with Gasteiger partial charge in [-0.25, -0.2) is 4.39 Å². The van der Waals surface area contributed by atoms with Gasteiger partial charge >= 0.3 is 5.97 Å². The first-order chi connectivity index (χ1) is 6.58. The van der Waals surface area contributed by atoms with Crippen LogP contribution < -0.4 is 0 Å². The molecule has 1 aromatic carbocycles. The standard InChI is InChI=1S/C11H11FO2/c1-7-3-2-4-8(12)9(7)11(5-6-11)10(13)14/h2-4H,5-6H2,1H3,(H,13,14). The molecule has 0 heterocycles. The van der Waals surface area contributed by atoms with Gasteiger partial charge in [0.05, 0.1) is 5.41 Å². The van der Waals surface area contributed by atoms with Gasteiger partial charge in [-0.2, -0.15) is 0 Å². The summed E-state index contributed by atoms with van der Waals surface area (Å²) in [4.78, 5) is 11.0. The van der Waals surface area contributed by atoms with Crippen LogP contribution in [0.5, 0.6) is 0 Å². The van der Waals surface area contributed by atoms with Crippen molar-refractivity contribution in [3.05, 3.63) is 35.1 Å². The van der Waals surface area contributed by atoms with Crippen molar-refractivity contribution in [2.24, 2.45) is 0 Å². The monoisotopic (exact) mass is 194 g/mol. The van der Waals surface area contributed by atoms with Crippen LogP contribution in [0.1, 0.15) is 24.0 Å². The summed E-state index contributed by atoms with van der Waals surface area (Å²) in [5.41, 5.74) is 0.160. The van der Waals surface area contributed by atoms with Crippen molar-refractivity contribution in [3.8, 4) is 0 Å². The first-order valence-electron chi connectivity index (χ1n) is 4.57. The Morgan fingerprint density at radius 3 is 2.57 bits per heavy atom. The van der Waals surface area contributed by atoms with Crippen LogP contribution in [0.2, 0.25) is 0 Å². The molecule has 0 bridgehead atoms. The van der Waals surface area contributed by atoms with Gasteiger partial charge in [-0.05, 0) is 31.4 Å². The van der Waals surface area contributed by atoms with E-state index in [0.29, 0.717) is 18.4 Å². The Labute approximate surface area is 81.4 Å². The Bertz CT molecular complexity index is 374. The number of benzene rings is 1. The van der Waals surface area contributed by atoms with Crippen LogP contribution in [0.25, 0.3) is 0 Å². The molecule has 0 saturated heterocycles. The van der Waals surface area contributed by atoms with Crippen LogP contribution >= 0.6 is 0 Å². The second kappa shape index (κ2) is 2.80. The molecule has 1 aromatic rings. The highest BCUT2D eigenvalue weighted by Gasteiger charge is 2.53. The zero-order valence-corrected chi connectivity index (χ0v) is 7.88. The van der Waals surface area contributed by atoms with E-state index in [1.54, 1.807) is 19.1 Å². The number of carboxylic acids is 1. The first-order valence-corrected chi connectivity index (χ1v) is 4.57. The van der Waals surface area contributed by atoms with E-state index >= 15 is 0 Å². The second-order valence-electron chi connectivity index (χ2n) is 3.82. The SMILES string of the molecule is Cc1cccc(F)c1C1(C(=O)O)CC1. The molecule has 3 heteroatoms. The Hall–Kier alpha value is -1.38. The average Bonchev–Trinajstić information content (AvgIpc) is 2.85. The summed E-state index contributed by atoms with van der Waals surface area (Å²) < 4.78 is 13.5. The fraction of sp³-hybridized carbons (Fsp3) is 0.364. The minimum Gasteiger partial charge on any atom is -0.481 e. The Kier molecular flexibility index (Phi) is 1.84. The molecule has 1 aliphatic carbocycles. The van der Waals surface area contributed by atoms with Crippen LogP contribution in [0, 0.1) is 12.7 Å². The van der Waals surface area contributed by atoms with Crippen molar-refractivity contribution in [1.82, 2.24) is 0 Å². The number of carbonyl (C=O) groups is 1. The van der Waals surface area contributed by atoms with E-state index in [1.165, 1.54) is 6.07 Å². The molecule has 1 saturated carbocycles. The van der Waals surface area contributed by atoms with Crippen LogP contribution in [0.15, 0.2) is 18.2 Å². The number of aliphatic carboxylic acids is 1. The maximum Gasteiger partial charge on any atom is 0.314 e. The lowest BCUT2D eigenvalue weighted by Crippen LogP contribution is -2.22. The Balaban J connectivity index is 2.56. The molecule has 1 N–H and O–H groups in total. The van der Waals surface area contributed by atoms with E-state index < -0.39 is 17.2 Å². The molecular weight excluding hydrogens is 183 g/mol. The van der Waals surface area contributed by atoms with Crippen LogP contribution in [-0.2, 0) is 10.2 Å². The number of rotatable bonds is 2. The summed E-state index contributed by atoms with van der Waals surface area (Å²) in [6.07, 6.45) is 1.09. The summed E-state index contributed by atoms with van der Waals surface area (Å²) in [6.45, 7) is 1.75. The predicted octanol–water partition coefficient (Wildman–Crippen LogP) is 2.25. The highest BCUT2D eigenvalue weighted by Crippen LogP contribution is 2.50. The lowest BCUT2D eigenvalue weighted by molar-refractivity contribution is -0.140. The van der Waals surface area contributed by atoms with Gasteiger partial charge in [0.2, 0.25) is 0 Å². The van der Waals surface area contributed by atoms with Crippen LogP contribution in [-0.4, -0.2) is 11.1 Å². The molecule has 0 aliphatic heterocycles. The van der Waals surface area contributed by atoms with Crippen molar-refractivity contribution in [1.29, 1.82) is 0 Å². The highest BCUT2D eigenvalue weighted by atomic mass is 19.1. The molecule has 1 fully saturated rings. The molecule has 0 aromatic heterocycles. The highest BCUT2D eigenvalue weighted by molar-refractivity contribution is 5.85. The van der Waals surface area contributed by atoms with Gasteiger partial charge in [0.1, 0.15) is 5.82 Å². The molecule has 2 rings (SSSR count). The van der Waals surface area contributed by atoms with Crippen molar-refractivity contribution < 1.29 is 14.3 Å². The fourth-order valence-corrected chi connectivity index (χ4v) is 1.93. The average molecular weight is 194 g/mol. The Morgan fingerprint density at radius 2 is 2.14 bits per heavy atom. The van der Waals surface area contributed by atoms with Crippen LogP contribution in [0.4, 0.5) is 4.39 Å². The maximum absolute atomic E-state index is 13.5. The summed E-state index contributed by atoms with van der Waals surface area (Å²) in [5.74, 6) is -1.31. The van der Waals surface area contributed by atoms with Gasteiger partial charge in [0, 0.05) is 5.56 Å². The van der Waals surface area contributed by atoms with E-state index in [1.807, 2.05) is 0 Å². The van der Waals surface area contributed by atoms with E-state index in [0.717, 1.165) is 5.56 Å². The first kappa shape index (κ1) is 9.19. The molecule has 1 aliphatic rings. The van der Waals surface area contributed by atoms with Gasteiger partial charge in [-0.15, -0.1) is 0 Å². The van der Waals surface area contributed by atoms with Crippen molar-refractivity contribution in [2.75, 3.05) is 0 Å². The summed E-state index contributed by atoms with van der Waals surface area (Å²) >= 11 is 0. The van der Waals surface area contributed by atoms with Crippen molar-refractivity contribution in [2.45, 2.75) is 25.2 Å². The van der Waals surface area contributed by atoms with E-state index in [9.17, 15) is 9.18 Å². The van der Waals surface area contributed by atoms with Gasteiger partial charge < -0.3 is 5.11 Å². The van der Waals surface area contributed by atoms with Crippen molar-refractivity contribution >= 4 is 5.97 Å². The van der Waals surface area contributed by atoms with Gasteiger partial charge in [-0.3, -0.25) is 4.79 Å². The number of aryl methyl sites for hydroxylation is 1. The summed E-state index contributed by atoms with van der Waals surface area (Å²) in [5, 5.41) is 9.04. The number of hydrogen-bond donors (Lipinski definition) is 1. The molecule has 0 radical (unpaired) electrons. The molecular formula is C11H11FO2. The Morgan fingerprint density at radius 1 is 1.50 bits per heavy atom. The zero-order chi connectivity index (χ0) is 10.3. The number of halogens is 1. The number of carboxylic acid groups (broad SMARTS) is 1. The third-order valence-corrected chi connectivity index (χ3v) is 2.86. The second-order valence-corrected chi connectivity index (χ2v) is 3.82. The predicted molar refractivity (Wildman–Crippen MR) is 49.7 cm³/mol. The van der Waals surface area contributed by atoms with Gasteiger partial charge in [-0.1, -0.05) is 12.1 Å². The van der Waals surface area contributed by atoms with E-state index in [4.69, 9.17) is 5.11 Å². The molecule has 74 valence electrons. The lowest BCUT2D eigenvalue weighted by Gasteiger charge is -2.13. The molecule has 0 amide bonds. The lowest BCUT2D eigenvalue weighted by atomic mass is 9.91. The minimum absolute atomic E-state index is 0.368. The van der Waals surface area contributed by atoms with Crippen molar-refractivity contribution in [3.63, 3.8) is 0 Å². The van der Waals surface area contributed by atoms with Gasteiger partial charge in [0.25, 0.3) is 0 Å². The molecule has 2 nitrogen and oxygen atoms in total. The third kappa shape index (κ3) is 1.12. The van der Waals surface area contributed by atoms with Gasteiger partial charge in [0.15, 0.2) is 0 Å².